The number of ether oxygens (including phenoxy) is 4. The normalized spacial score (nSPS) is 24.1. The number of methoxy groups -OCH3 is 1. The van der Waals surface area contributed by atoms with E-state index in [0.29, 0.717) is 5.92 Å². The van der Waals surface area contributed by atoms with Crippen LogP contribution in [0.15, 0.2) is 4.99 Å². The molecule has 0 aliphatic carbocycles. The minimum absolute atomic E-state index is 0.150. The fourth-order valence-corrected chi connectivity index (χ4v) is 3.01. The highest BCUT2D eigenvalue weighted by molar-refractivity contribution is 5.79. The molecule has 0 aromatic rings. The molecule has 2 rings (SSSR count). The molecule has 0 saturated carbocycles. The highest BCUT2D eigenvalue weighted by Gasteiger charge is 2.32. The maximum absolute atomic E-state index is 5.72. The molecule has 1 atom stereocenters. The Labute approximate surface area is 145 Å². The van der Waals surface area contributed by atoms with E-state index < -0.39 is 0 Å². The zero-order valence-electron chi connectivity index (χ0n) is 15.1. The van der Waals surface area contributed by atoms with E-state index >= 15 is 0 Å². The Morgan fingerprint density at radius 1 is 1.21 bits per heavy atom. The summed E-state index contributed by atoms with van der Waals surface area (Å²) in [5.74, 6) is 1.39. The van der Waals surface area contributed by atoms with Crippen molar-refractivity contribution in [2.75, 3.05) is 66.9 Å². The lowest BCUT2D eigenvalue weighted by molar-refractivity contribution is -0.0855. The lowest BCUT2D eigenvalue weighted by Crippen LogP contribution is -2.50. The molecule has 2 heterocycles. The third-order valence-electron chi connectivity index (χ3n) is 4.77. The lowest BCUT2D eigenvalue weighted by atomic mass is 9.94. The first-order valence-electron chi connectivity index (χ1n) is 9.01. The number of guanidine groups is 1. The number of aliphatic imine (C=N–C) groups is 1. The summed E-state index contributed by atoms with van der Waals surface area (Å²) in [6.45, 7) is 6.39. The molecule has 0 aromatic carbocycles. The van der Waals surface area contributed by atoms with Gasteiger partial charge in [0.05, 0.1) is 18.8 Å². The van der Waals surface area contributed by atoms with Gasteiger partial charge in [-0.3, -0.25) is 4.99 Å². The Balaban J connectivity index is 1.54. The molecular formula is C17H33N3O4. The second-order valence-electron chi connectivity index (χ2n) is 6.51. The van der Waals surface area contributed by atoms with Crippen molar-refractivity contribution >= 4 is 5.96 Å². The molecule has 1 unspecified atom stereocenters. The molecule has 2 aliphatic heterocycles. The first kappa shape index (κ1) is 19.4. The van der Waals surface area contributed by atoms with Crippen LogP contribution in [0.4, 0.5) is 0 Å². The number of nitrogens with zero attached hydrogens (tertiary/aromatic N) is 1. The minimum atomic E-state index is -0.150. The van der Waals surface area contributed by atoms with Crippen LogP contribution in [0, 0.1) is 5.92 Å². The Kier molecular flexibility index (Phi) is 8.80. The number of rotatable bonds is 9. The van der Waals surface area contributed by atoms with Crippen molar-refractivity contribution in [2.24, 2.45) is 10.9 Å². The van der Waals surface area contributed by atoms with Gasteiger partial charge in [0.2, 0.25) is 0 Å². The van der Waals surface area contributed by atoms with Gasteiger partial charge >= 0.3 is 0 Å². The molecule has 140 valence electrons. The van der Waals surface area contributed by atoms with Gasteiger partial charge in [0.15, 0.2) is 5.96 Å². The molecule has 7 heteroatoms. The van der Waals surface area contributed by atoms with Crippen LogP contribution < -0.4 is 10.6 Å². The Bertz CT molecular complexity index is 367. The summed E-state index contributed by atoms with van der Waals surface area (Å²) >= 11 is 0. The van der Waals surface area contributed by atoms with E-state index in [1.54, 1.807) is 14.2 Å². The fraction of sp³-hybridized carbons (Fsp3) is 0.941. The largest absolute Gasteiger partial charge is 0.381 e. The highest BCUT2D eigenvalue weighted by Crippen LogP contribution is 2.23. The Morgan fingerprint density at radius 3 is 2.71 bits per heavy atom. The molecule has 0 amide bonds. The molecule has 7 nitrogen and oxygen atoms in total. The van der Waals surface area contributed by atoms with Gasteiger partial charge in [-0.05, 0) is 12.8 Å². The predicted molar refractivity (Wildman–Crippen MR) is 93.5 cm³/mol. The van der Waals surface area contributed by atoms with Gasteiger partial charge in [0.1, 0.15) is 0 Å². The van der Waals surface area contributed by atoms with Gasteiger partial charge in [-0.15, -0.1) is 0 Å². The molecule has 0 spiro atoms. The maximum Gasteiger partial charge on any atom is 0.191 e. The van der Waals surface area contributed by atoms with Crippen molar-refractivity contribution in [3.63, 3.8) is 0 Å². The summed E-state index contributed by atoms with van der Waals surface area (Å²) < 4.78 is 22.2. The molecule has 0 radical (unpaired) electrons. The smallest absolute Gasteiger partial charge is 0.191 e. The van der Waals surface area contributed by atoms with E-state index in [2.05, 4.69) is 15.6 Å². The lowest BCUT2D eigenvalue weighted by Gasteiger charge is -2.36. The van der Waals surface area contributed by atoms with Crippen LogP contribution >= 0.6 is 0 Å². The standard InChI is InChI=1S/C17H33N3O4/c1-18-16(20-14-17(21-2)5-10-22-11-6-17)19-7-3-8-23-12-15-4-9-24-13-15/h15H,3-14H2,1-2H3,(H2,18,19,20). The summed E-state index contributed by atoms with van der Waals surface area (Å²) in [4.78, 5) is 4.27. The minimum Gasteiger partial charge on any atom is -0.381 e. The van der Waals surface area contributed by atoms with E-state index in [1.807, 2.05) is 0 Å². The van der Waals surface area contributed by atoms with Crippen LogP contribution in [-0.4, -0.2) is 78.4 Å². The van der Waals surface area contributed by atoms with Crippen molar-refractivity contribution in [1.82, 2.24) is 10.6 Å². The summed E-state index contributed by atoms with van der Waals surface area (Å²) in [6.07, 6.45) is 3.90. The monoisotopic (exact) mass is 343 g/mol. The van der Waals surface area contributed by atoms with Crippen molar-refractivity contribution in [2.45, 2.75) is 31.3 Å². The molecular weight excluding hydrogens is 310 g/mol. The molecule has 2 aliphatic rings. The fourth-order valence-electron chi connectivity index (χ4n) is 3.01. The van der Waals surface area contributed by atoms with Crippen molar-refractivity contribution in [1.29, 1.82) is 0 Å². The molecule has 0 bridgehead atoms. The van der Waals surface area contributed by atoms with Gasteiger partial charge in [0, 0.05) is 72.4 Å². The van der Waals surface area contributed by atoms with Gasteiger partial charge in [0.25, 0.3) is 0 Å². The average Bonchev–Trinajstić information content (AvgIpc) is 3.14. The van der Waals surface area contributed by atoms with E-state index in [0.717, 1.165) is 84.4 Å². The third-order valence-corrected chi connectivity index (χ3v) is 4.77. The average molecular weight is 343 g/mol. The Hall–Kier alpha value is -0.890. The summed E-state index contributed by atoms with van der Waals surface area (Å²) in [6, 6.07) is 0. The summed E-state index contributed by atoms with van der Waals surface area (Å²) in [5.41, 5.74) is -0.150. The topological polar surface area (TPSA) is 73.3 Å². The quantitative estimate of drug-likeness (QED) is 0.366. The van der Waals surface area contributed by atoms with Crippen LogP contribution in [0.25, 0.3) is 0 Å². The van der Waals surface area contributed by atoms with Gasteiger partial charge in [-0.2, -0.15) is 0 Å². The van der Waals surface area contributed by atoms with Crippen LogP contribution in [0.1, 0.15) is 25.7 Å². The van der Waals surface area contributed by atoms with Crippen molar-refractivity contribution < 1.29 is 18.9 Å². The zero-order valence-corrected chi connectivity index (χ0v) is 15.1. The highest BCUT2D eigenvalue weighted by atomic mass is 16.5. The van der Waals surface area contributed by atoms with E-state index in [4.69, 9.17) is 18.9 Å². The van der Waals surface area contributed by atoms with Crippen LogP contribution in [0.3, 0.4) is 0 Å². The zero-order chi connectivity index (χ0) is 17.1. The molecule has 0 aromatic heterocycles. The van der Waals surface area contributed by atoms with E-state index in [9.17, 15) is 0 Å². The van der Waals surface area contributed by atoms with Gasteiger partial charge in [-0.25, -0.2) is 0 Å². The second kappa shape index (κ2) is 10.9. The van der Waals surface area contributed by atoms with E-state index in [-0.39, 0.29) is 5.60 Å². The predicted octanol–water partition coefficient (Wildman–Crippen LogP) is 0.790. The van der Waals surface area contributed by atoms with Crippen LogP contribution in [-0.2, 0) is 18.9 Å². The number of hydrogen-bond acceptors (Lipinski definition) is 5. The first-order chi connectivity index (χ1) is 11.8. The SMILES string of the molecule is CN=C(NCCCOCC1CCOC1)NCC1(OC)CCOCC1. The maximum atomic E-state index is 5.72. The van der Waals surface area contributed by atoms with E-state index in [1.165, 1.54) is 0 Å². The van der Waals surface area contributed by atoms with Crippen LogP contribution in [0.2, 0.25) is 0 Å². The molecule has 2 N–H and O–H groups in total. The number of hydrogen-bond donors (Lipinski definition) is 2. The van der Waals surface area contributed by atoms with Crippen molar-refractivity contribution in [3.8, 4) is 0 Å². The second-order valence-corrected chi connectivity index (χ2v) is 6.51. The number of nitrogens with one attached hydrogen (secondary N) is 2. The third kappa shape index (κ3) is 6.55. The Morgan fingerprint density at radius 2 is 2.04 bits per heavy atom. The summed E-state index contributed by atoms with van der Waals surface area (Å²) in [5, 5.41) is 6.69. The molecule has 2 saturated heterocycles. The van der Waals surface area contributed by atoms with Crippen molar-refractivity contribution in [3.05, 3.63) is 0 Å². The molecule has 2 fully saturated rings. The van der Waals surface area contributed by atoms with Gasteiger partial charge in [-0.1, -0.05) is 0 Å². The van der Waals surface area contributed by atoms with Crippen LogP contribution in [0.5, 0.6) is 0 Å². The molecule has 24 heavy (non-hydrogen) atoms. The van der Waals surface area contributed by atoms with Gasteiger partial charge < -0.3 is 29.6 Å². The summed E-state index contributed by atoms with van der Waals surface area (Å²) in [7, 11) is 3.56. The first-order valence-corrected chi connectivity index (χ1v) is 9.01.